The summed E-state index contributed by atoms with van der Waals surface area (Å²) in [5.74, 6) is -0.802. The van der Waals surface area contributed by atoms with E-state index < -0.39 is 42.5 Å². The Morgan fingerprint density at radius 1 is 1.44 bits per heavy atom. The third-order valence-electron chi connectivity index (χ3n) is 3.00. The second-order valence-corrected chi connectivity index (χ2v) is 4.54. The van der Waals surface area contributed by atoms with Crippen molar-refractivity contribution in [2.45, 2.75) is 50.8 Å². The number of ether oxygens (including phenoxy) is 3. The Hall–Kier alpha value is -1.40. The van der Waals surface area contributed by atoms with E-state index in [0.717, 1.165) is 0 Å². The lowest BCUT2D eigenvalue weighted by Crippen LogP contribution is -2.41. The third-order valence-corrected chi connectivity index (χ3v) is 3.00. The summed E-state index contributed by atoms with van der Waals surface area (Å²) in [5, 5.41) is 9.52. The molecule has 0 radical (unpaired) electrons. The molecule has 5 atom stereocenters. The summed E-state index contributed by atoms with van der Waals surface area (Å²) in [7, 11) is 0. The lowest BCUT2D eigenvalue weighted by atomic mass is 10.1. The topological polar surface area (TPSA) is 82.1 Å². The predicted molar refractivity (Wildman–Crippen MR) is 59.5 cm³/mol. The molecule has 0 aromatic carbocycles. The van der Waals surface area contributed by atoms with Gasteiger partial charge >= 0.3 is 11.9 Å². The van der Waals surface area contributed by atoms with Gasteiger partial charge in [-0.25, -0.2) is 4.79 Å². The SMILES string of the molecule is CC(O)C1OC(=O)CC1OC1C=CC(=O)OC1C. The minimum absolute atomic E-state index is 0.0978. The van der Waals surface area contributed by atoms with Crippen LogP contribution < -0.4 is 0 Å². The van der Waals surface area contributed by atoms with E-state index in [4.69, 9.17) is 14.2 Å². The van der Waals surface area contributed by atoms with Gasteiger partial charge in [-0.3, -0.25) is 4.79 Å². The van der Waals surface area contributed by atoms with Crippen LogP contribution in [0.3, 0.4) is 0 Å². The Morgan fingerprint density at radius 2 is 2.17 bits per heavy atom. The maximum absolute atomic E-state index is 11.2. The number of hydrogen-bond acceptors (Lipinski definition) is 6. The summed E-state index contributed by atoms with van der Waals surface area (Å²) in [6.45, 7) is 3.25. The third kappa shape index (κ3) is 2.70. The van der Waals surface area contributed by atoms with Gasteiger partial charge in [0.25, 0.3) is 0 Å². The fourth-order valence-electron chi connectivity index (χ4n) is 2.07. The number of cyclic esters (lactones) is 2. The van der Waals surface area contributed by atoms with Gasteiger partial charge < -0.3 is 19.3 Å². The molecule has 2 heterocycles. The fourth-order valence-corrected chi connectivity index (χ4v) is 2.07. The Bertz CT molecular complexity index is 375. The Morgan fingerprint density at radius 3 is 2.78 bits per heavy atom. The van der Waals surface area contributed by atoms with E-state index in [1.165, 1.54) is 6.08 Å². The molecule has 6 nitrogen and oxygen atoms in total. The van der Waals surface area contributed by atoms with Gasteiger partial charge in [0.2, 0.25) is 0 Å². The summed E-state index contributed by atoms with van der Waals surface area (Å²) in [6.07, 6.45) is 0.142. The Labute approximate surface area is 105 Å². The van der Waals surface area contributed by atoms with Crippen molar-refractivity contribution in [3.63, 3.8) is 0 Å². The number of aliphatic hydroxyl groups excluding tert-OH is 1. The van der Waals surface area contributed by atoms with Gasteiger partial charge in [0.1, 0.15) is 18.3 Å². The average Bonchev–Trinajstić information content (AvgIpc) is 2.64. The van der Waals surface area contributed by atoms with Crippen molar-refractivity contribution in [3.8, 4) is 0 Å². The molecule has 2 aliphatic rings. The second-order valence-electron chi connectivity index (χ2n) is 4.54. The highest BCUT2D eigenvalue weighted by Crippen LogP contribution is 2.25. The van der Waals surface area contributed by atoms with Crippen LogP contribution in [0.1, 0.15) is 20.3 Å². The van der Waals surface area contributed by atoms with Crippen LogP contribution in [0, 0.1) is 0 Å². The lowest BCUT2D eigenvalue weighted by molar-refractivity contribution is -0.158. The molecular weight excluding hydrogens is 240 g/mol. The van der Waals surface area contributed by atoms with E-state index in [9.17, 15) is 14.7 Å². The molecule has 18 heavy (non-hydrogen) atoms. The van der Waals surface area contributed by atoms with Crippen LogP contribution in [-0.4, -0.2) is 47.6 Å². The molecular formula is C12H16O6. The number of hydrogen-bond donors (Lipinski definition) is 1. The van der Waals surface area contributed by atoms with Gasteiger partial charge in [-0.2, -0.15) is 0 Å². The first-order valence-corrected chi connectivity index (χ1v) is 5.89. The first-order chi connectivity index (χ1) is 8.47. The molecule has 2 rings (SSSR count). The maximum atomic E-state index is 11.2. The van der Waals surface area contributed by atoms with Crippen LogP contribution in [0.5, 0.6) is 0 Å². The van der Waals surface area contributed by atoms with Crippen LogP contribution in [0.15, 0.2) is 12.2 Å². The Kier molecular flexibility index (Phi) is 3.68. The summed E-state index contributed by atoms with van der Waals surface area (Å²) < 4.78 is 15.7. The normalized spacial score (nSPS) is 37.3. The lowest BCUT2D eigenvalue weighted by Gasteiger charge is -2.29. The number of rotatable bonds is 3. The first kappa shape index (κ1) is 13.0. The van der Waals surface area contributed by atoms with Crippen LogP contribution in [0.2, 0.25) is 0 Å². The van der Waals surface area contributed by atoms with E-state index in [0.29, 0.717) is 0 Å². The molecule has 0 aromatic rings. The van der Waals surface area contributed by atoms with Gasteiger partial charge in [-0.05, 0) is 19.9 Å². The highest BCUT2D eigenvalue weighted by Gasteiger charge is 2.41. The molecule has 0 aliphatic carbocycles. The zero-order valence-electron chi connectivity index (χ0n) is 10.2. The van der Waals surface area contributed by atoms with Gasteiger partial charge in [0.15, 0.2) is 6.10 Å². The Balaban J connectivity index is 2.02. The van der Waals surface area contributed by atoms with Crippen molar-refractivity contribution in [1.82, 2.24) is 0 Å². The molecule has 0 aromatic heterocycles. The summed E-state index contributed by atoms with van der Waals surface area (Å²) in [5.41, 5.74) is 0. The molecule has 1 N–H and O–H groups in total. The van der Waals surface area contributed by atoms with Crippen molar-refractivity contribution < 1.29 is 28.9 Å². The fraction of sp³-hybridized carbons (Fsp3) is 0.667. The molecule has 1 saturated heterocycles. The van der Waals surface area contributed by atoms with E-state index >= 15 is 0 Å². The molecule has 0 amide bonds. The van der Waals surface area contributed by atoms with Crippen molar-refractivity contribution in [2.24, 2.45) is 0 Å². The molecule has 2 aliphatic heterocycles. The maximum Gasteiger partial charge on any atom is 0.330 e. The van der Waals surface area contributed by atoms with Gasteiger partial charge in [-0.1, -0.05) is 0 Å². The predicted octanol–water partition coefficient (Wildman–Crippen LogP) is -0.0620. The highest BCUT2D eigenvalue weighted by molar-refractivity contribution is 5.83. The van der Waals surface area contributed by atoms with Gasteiger partial charge in [-0.15, -0.1) is 0 Å². The number of aliphatic hydroxyl groups is 1. The van der Waals surface area contributed by atoms with Crippen LogP contribution in [0.25, 0.3) is 0 Å². The zero-order chi connectivity index (χ0) is 13.3. The quantitative estimate of drug-likeness (QED) is 0.712. The summed E-state index contributed by atoms with van der Waals surface area (Å²) in [6, 6.07) is 0. The molecule has 100 valence electrons. The van der Waals surface area contributed by atoms with Crippen LogP contribution in [0.4, 0.5) is 0 Å². The molecule has 6 heteroatoms. The van der Waals surface area contributed by atoms with Crippen LogP contribution >= 0.6 is 0 Å². The summed E-state index contributed by atoms with van der Waals surface area (Å²) in [4.78, 5) is 22.2. The standard InChI is InChI=1S/C12H16O6/c1-6(13)12-9(5-11(15)18-12)17-8-3-4-10(14)16-7(8)2/h3-4,6-9,12-13H,5H2,1-2H3. The molecule has 0 spiro atoms. The zero-order valence-corrected chi connectivity index (χ0v) is 10.2. The van der Waals surface area contributed by atoms with Crippen molar-refractivity contribution in [1.29, 1.82) is 0 Å². The van der Waals surface area contributed by atoms with Crippen molar-refractivity contribution >= 4 is 11.9 Å². The van der Waals surface area contributed by atoms with Crippen LogP contribution in [-0.2, 0) is 23.8 Å². The van der Waals surface area contributed by atoms with E-state index in [1.807, 2.05) is 0 Å². The van der Waals surface area contributed by atoms with Gasteiger partial charge in [0.05, 0.1) is 12.5 Å². The van der Waals surface area contributed by atoms with Crippen molar-refractivity contribution in [3.05, 3.63) is 12.2 Å². The summed E-state index contributed by atoms with van der Waals surface area (Å²) >= 11 is 0. The number of carbonyl (C=O) groups is 2. The smallest absolute Gasteiger partial charge is 0.330 e. The number of esters is 2. The highest BCUT2D eigenvalue weighted by atomic mass is 16.6. The minimum atomic E-state index is -0.799. The molecule has 5 unspecified atom stereocenters. The molecule has 0 saturated carbocycles. The van der Waals surface area contributed by atoms with Crippen molar-refractivity contribution in [2.75, 3.05) is 0 Å². The van der Waals surface area contributed by atoms with E-state index in [1.54, 1.807) is 19.9 Å². The van der Waals surface area contributed by atoms with Gasteiger partial charge in [0, 0.05) is 6.08 Å². The first-order valence-electron chi connectivity index (χ1n) is 5.89. The van der Waals surface area contributed by atoms with E-state index in [2.05, 4.69) is 0 Å². The second kappa shape index (κ2) is 5.07. The minimum Gasteiger partial charge on any atom is -0.457 e. The monoisotopic (exact) mass is 256 g/mol. The average molecular weight is 256 g/mol. The molecule has 1 fully saturated rings. The largest absolute Gasteiger partial charge is 0.457 e. The van der Waals surface area contributed by atoms with E-state index in [-0.39, 0.29) is 6.42 Å². The number of carbonyl (C=O) groups excluding carboxylic acids is 2. The molecule has 0 bridgehead atoms.